The topological polar surface area (TPSA) is 51.2 Å². The maximum absolute atomic E-state index is 11.8. The Morgan fingerprint density at radius 1 is 1.25 bits per heavy atom. The van der Waals surface area contributed by atoms with E-state index in [1.165, 1.54) is 6.07 Å². The van der Waals surface area contributed by atoms with Crippen molar-refractivity contribution in [1.82, 2.24) is 0 Å². The van der Waals surface area contributed by atoms with Crippen molar-refractivity contribution in [3.05, 3.63) is 29.3 Å². The first-order valence-corrected chi connectivity index (χ1v) is 7.08. The Labute approximate surface area is 95.4 Å². The molecule has 86 valence electrons. The number of benzene rings is 1. The first-order valence-electron chi connectivity index (χ1n) is 5.43. The van der Waals surface area contributed by atoms with Crippen LogP contribution in [0.15, 0.2) is 23.1 Å². The average Bonchev–Trinajstić information content (AvgIpc) is 2.60. The minimum absolute atomic E-state index is 0.0588. The van der Waals surface area contributed by atoms with Gasteiger partial charge in [-0.1, -0.05) is 13.0 Å². The number of sulfone groups is 1. The molecule has 0 saturated heterocycles. The zero-order valence-electron chi connectivity index (χ0n) is 9.19. The summed E-state index contributed by atoms with van der Waals surface area (Å²) < 4.78 is 23.7. The van der Waals surface area contributed by atoms with Gasteiger partial charge < -0.3 is 0 Å². The lowest BCUT2D eigenvalue weighted by atomic mass is 10.1. The first-order chi connectivity index (χ1) is 7.54. The molecule has 0 bridgehead atoms. The van der Waals surface area contributed by atoms with E-state index in [1.54, 1.807) is 12.1 Å². The van der Waals surface area contributed by atoms with Gasteiger partial charge in [0.25, 0.3) is 0 Å². The molecule has 1 aromatic rings. The van der Waals surface area contributed by atoms with Gasteiger partial charge in [-0.25, -0.2) is 8.42 Å². The summed E-state index contributed by atoms with van der Waals surface area (Å²) in [5.74, 6) is 0.198. The molecule has 0 radical (unpaired) electrons. The highest BCUT2D eigenvalue weighted by Gasteiger charge is 2.22. The van der Waals surface area contributed by atoms with E-state index in [9.17, 15) is 13.2 Å². The standard InChI is InChI=1S/C12H14O3S/c1-2-7-16(14,15)10-5-3-9-4-6-12(13)11(9)8-10/h3,5,8H,2,4,6-7H2,1H3. The van der Waals surface area contributed by atoms with Crippen LogP contribution in [0.4, 0.5) is 0 Å². The van der Waals surface area contributed by atoms with Crippen LogP contribution in [0.3, 0.4) is 0 Å². The second kappa shape index (κ2) is 4.01. The second-order valence-electron chi connectivity index (χ2n) is 4.06. The molecule has 0 spiro atoms. The summed E-state index contributed by atoms with van der Waals surface area (Å²) in [6.07, 6.45) is 1.84. The van der Waals surface area contributed by atoms with Crippen LogP contribution in [-0.2, 0) is 16.3 Å². The molecule has 0 unspecified atom stereocenters. The summed E-state index contributed by atoms with van der Waals surface area (Å²) in [6, 6.07) is 4.92. The predicted molar refractivity (Wildman–Crippen MR) is 61.4 cm³/mol. The normalized spacial score (nSPS) is 15.2. The van der Waals surface area contributed by atoms with E-state index >= 15 is 0 Å². The third-order valence-corrected chi connectivity index (χ3v) is 4.75. The summed E-state index contributed by atoms with van der Waals surface area (Å²) >= 11 is 0. The minimum atomic E-state index is -3.21. The van der Waals surface area contributed by atoms with Gasteiger partial charge in [0, 0.05) is 12.0 Å². The number of carbonyl (C=O) groups is 1. The van der Waals surface area contributed by atoms with E-state index < -0.39 is 9.84 Å². The van der Waals surface area contributed by atoms with Gasteiger partial charge in [0.2, 0.25) is 0 Å². The van der Waals surface area contributed by atoms with E-state index in [-0.39, 0.29) is 16.4 Å². The average molecular weight is 238 g/mol. The molecule has 16 heavy (non-hydrogen) atoms. The molecule has 0 heterocycles. The maximum Gasteiger partial charge on any atom is 0.178 e. The van der Waals surface area contributed by atoms with Crippen LogP contribution >= 0.6 is 0 Å². The highest BCUT2D eigenvalue weighted by atomic mass is 32.2. The van der Waals surface area contributed by atoms with Crippen LogP contribution in [0.2, 0.25) is 0 Å². The van der Waals surface area contributed by atoms with Crippen LogP contribution in [0.1, 0.15) is 35.7 Å². The van der Waals surface area contributed by atoms with E-state index in [0.29, 0.717) is 18.4 Å². The van der Waals surface area contributed by atoms with Gasteiger partial charge in [0.15, 0.2) is 15.6 Å². The van der Waals surface area contributed by atoms with Gasteiger partial charge in [-0.3, -0.25) is 4.79 Å². The molecule has 0 saturated carbocycles. The third-order valence-electron chi connectivity index (χ3n) is 2.84. The van der Waals surface area contributed by atoms with Gasteiger partial charge in [-0.05, 0) is 30.5 Å². The summed E-state index contributed by atoms with van der Waals surface area (Å²) in [6.45, 7) is 1.83. The lowest BCUT2D eigenvalue weighted by Gasteiger charge is -2.04. The van der Waals surface area contributed by atoms with Crippen molar-refractivity contribution in [1.29, 1.82) is 0 Å². The Morgan fingerprint density at radius 2 is 2.00 bits per heavy atom. The molecule has 0 aromatic heterocycles. The van der Waals surface area contributed by atoms with Gasteiger partial charge >= 0.3 is 0 Å². The zero-order valence-corrected chi connectivity index (χ0v) is 10.0. The van der Waals surface area contributed by atoms with Crippen molar-refractivity contribution in [2.75, 3.05) is 5.75 Å². The fourth-order valence-electron chi connectivity index (χ4n) is 2.00. The Bertz CT molecular complexity index is 529. The number of hydrogen-bond acceptors (Lipinski definition) is 3. The fraction of sp³-hybridized carbons (Fsp3) is 0.417. The minimum Gasteiger partial charge on any atom is -0.294 e. The smallest absolute Gasteiger partial charge is 0.178 e. The quantitative estimate of drug-likeness (QED) is 0.809. The Balaban J connectivity index is 2.46. The lowest BCUT2D eigenvalue weighted by molar-refractivity contribution is 0.0994. The van der Waals surface area contributed by atoms with E-state index in [1.807, 2.05) is 6.92 Å². The van der Waals surface area contributed by atoms with Crippen molar-refractivity contribution < 1.29 is 13.2 Å². The monoisotopic (exact) mass is 238 g/mol. The van der Waals surface area contributed by atoms with Crippen LogP contribution in [0.25, 0.3) is 0 Å². The van der Waals surface area contributed by atoms with Crippen LogP contribution in [0, 0.1) is 0 Å². The molecule has 2 rings (SSSR count). The highest BCUT2D eigenvalue weighted by molar-refractivity contribution is 7.91. The molecular formula is C12H14O3S. The molecule has 1 aliphatic rings. The molecule has 1 aliphatic carbocycles. The van der Waals surface area contributed by atoms with Crippen molar-refractivity contribution in [3.8, 4) is 0 Å². The van der Waals surface area contributed by atoms with E-state index in [2.05, 4.69) is 0 Å². The van der Waals surface area contributed by atoms with Crippen LogP contribution in [0.5, 0.6) is 0 Å². The maximum atomic E-state index is 11.8. The molecule has 0 atom stereocenters. The van der Waals surface area contributed by atoms with Crippen molar-refractivity contribution in [3.63, 3.8) is 0 Å². The molecule has 0 amide bonds. The third kappa shape index (κ3) is 1.89. The highest BCUT2D eigenvalue weighted by Crippen LogP contribution is 2.25. The Hall–Kier alpha value is -1.16. The SMILES string of the molecule is CCCS(=O)(=O)c1ccc2c(c1)C(=O)CC2. The van der Waals surface area contributed by atoms with Crippen LogP contribution < -0.4 is 0 Å². The van der Waals surface area contributed by atoms with E-state index in [4.69, 9.17) is 0 Å². The molecule has 4 heteroatoms. The number of Topliss-reactive ketones (excluding diaryl/α,β-unsaturated/α-hetero) is 1. The number of fused-ring (bicyclic) bond motifs is 1. The molecular weight excluding hydrogens is 224 g/mol. The van der Waals surface area contributed by atoms with Gasteiger partial charge in [-0.2, -0.15) is 0 Å². The fourth-order valence-corrected chi connectivity index (χ4v) is 3.34. The Morgan fingerprint density at radius 3 is 2.69 bits per heavy atom. The molecule has 0 aliphatic heterocycles. The van der Waals surface area contributed by atoms with Crippen molar-refractivity contribution >= 4 is 15.6 Å². The van der Waals surface area contributed by atoms with Gasteiger partial charge in [-0.15, -0.1) is 0 Å². The van der Waals surface area contributed by atoms with Crippen molar-refractivity contribution in [2.24, 2.45) is 0 Å². The van der Waals surface area contributed by atoms with E-state index in [0.717, 1.165) is 12.0 Å². The predicted octanol–water partition coefficient (Wildman–Crippen LogP) is 2.00. The summed E-state index contributed by atoms with van der Waals surface area (Å²) in [4.78, 5) is 11.8. The van der Waals surface area contributed by atoms with Gasteiger partial charge in [0.1, 0.15) is 0 Å². The number of aryl methyl sites for hydroxylation is 1. The second-order valence-corrected chi connectivity index (χ2v) is 6.17. The summed E-state index contributed by atoms with van der Waals surface area (Å²) in [5.41, 5.74) is 1.57. The molecule has 1 aromatic carbocycles. The summed E-state index contributed by atoms with van der Waals surface area (Å²) in [5, 5.41) is 0. The zero-order chi connectivity index (χ0) is 11.8. The van der Waals surface area contributed by atoms with Crippen molar-refractivity contribution in [2.45, 2.75) is 31.1 Å². The summed E-state index contributed by atoms with van der Waals surface area (Å²) in [7, 11) is -3.21. The lowest BCUT2D eigenvalue weighted by Crippen LogP contribution is -2.07. The van der Waals surface area contributed by atoms with Crippen LogP contribution in [-0.4, -0.2) is 20.0 Å². The number of carbonyl (C=O) groups excluding carboxylic acids is 1. The first kappa shape index (κ1) is 11.3. The largest absolute Gasteiger partial charge is 0.294 e. The molecule has 3 nitrogen and oxygen atoms in total. The van der Waals surface area contributed by atoms with Gasteiger partial charge in [0.05, 0.1) is 10.6 Å². The number of rotatable bonds is 3. The molecule has 0 fully saturated rings. The molecule has 0 N–H and O–H groups in total. The number of hydrogen-bond donors (Lipinski definition) is 0. The number of ketones is 1. The Kier molecular flexibility index (Phi) is 2.84.